The van der Waals surface area contributed by atoms with Crippen molar-refractivity contribution in [3.05, 3.63) is 51.6 Å². The van der Waals surface area contributed by atoms with E-state index < -0.39 is 20.6 Å². The van der Waals surface area contributed by atoms with E-state index in [4.69, 9.17) is 0 Å². The molecule has 8 nitrogen and oxygen atoms in total. The van der Waals surface area contributed by atoms with E-state index in [1.807, 2.05) is 0 Å². The van der Waals surface area contributed by atoms with Crippen LogP contribution in [0, 0.1) is 24.0 Å². The maximum Gasteiger partial charge on any atom is 0.289 e. The first-order chi connectivity index (χ1) is 9.81. The van der Waals surface area contributed by atoms with Crippen molar-refractivity contribution in [2.24, 2.45) is 0 Å². The zero-order valence-electron chi connectivity index (χ0n) is 11.5. The van der Waals surface area contributed by atoms with Crippen LogP contribution in [0.1, 0.15) is 17.0 Å². The van der Waals surface area contributed by atoms with Gasteiger partial charge in [-0.15, -0.1) is 0 Å². The van der Waals surface area contributed by atoms with Gasteiger partial charge in [-0.25, -0.2) is 18.1 Å². The maximum atomic E-state index is 12.3. The van der Waals surface area contributed by atoms with Gasteiger partial charge in [0, 0.05) is 18.5 Å². The molecule has 2 rings (SSSR count). The standard InChI is InChI=1S/C12H14N4O4S/c1-8-5-10(16(17)18)11(6-9(8)2)21(19,20)15-7-12-13-3-4-14-12/h3-6,15H,7H2,1-2H3,(H,13,14). The van der Waals surface area contributed by atoms with Crippen LogP contribution in [0.4, 0.5) is 5.69 Å². The van der Waals surface area contributed by atoms with Gasteiger partial charge in [-0.2, -0.15) is 0 Å². The number of hydrogen-bond donors (Lipinski definition) is 2. The van der Waals surface area contributed by atoms with Crippen molar-refractivity contribution in [3.63, 3.8) is 0 Å². The van der Waals surface area contributed by atoms with Gasteiger partial charge in [0.05, 0.1) is 11.5 Å². The highest BCUT2D eigenvalue weighted by Gasteiger charge is 2.26. The molecule has 2 aromatic rings. The summed E-state index contributed by atoms with van der Waals surface area (Å²) in [5, 5.41) is 11.1. The fraction of sp³-hybridized carbons (Fsp3) is 0.250. The quantitative estimate of drug-likeness (QED) is 0.639. The van der Waals surface area contributed by atoms with Crippen LogP contribution < -0.4 is 4.72 Å². The lowest BCUT2D eigenvalue weighted by Crippen LogP contribution is -2.24. The normalized spacial score (nSPS) is 11.5. The van der Waals surface area contributed by atoms with Crippen molar-refractivity contribution >= 4 is 15.7 Å². The average Bonchev–Trinajstić information content (AvgIpc) is 2.92. The van der Waals surface area contributed by atoms with Crippen molar-refractivity contribution in [3.8, 4) is 0 Å². The van der Waals surface area contributed by atoms with Crippen molar-refractivity contribution < 1.29 is 13.3 Å². The Bertz CT molecular complexity index is 769. The van der Waals surface area contributed by atoms with Gasteiger partial charge >= 0.3 is 0 Å². The number of imidazole rings is 1. The molecular weight excluding hydrogens is 296 g/mol. The highest BCUT2D eigenvalue weighted by atomic mass is 32.2. The first-order valence-electron chi connectivity index (χ1n) is 6.05. The molecule has 1 aromatic carbocycles. The highest BCUT2D eigenvalue weighted by Crippen LogP contribution is 2.27. The molecule has 9 heteroatoms. The summed E-state index contributed by atoms with van der Waals surface area (Å²) in [7, 11) is -4.00. The summed E-state index contributed by atoms with van der Waals surface area (Å²) in [5.74, 6) is 0.421. The van der Waals surface area contributed by atoms with Gasteiger partial charge in [0.2, 0.25) is 10.0 Å². The molecule has 0 aliphatic carbocycles. The molecule has 0 amide bonds. The molecule has 0 fully saturated rings. The number of aromatic nitrogens is 2. The van der Waals surface area contributed by atoms with Gasteiger partial charge < -0.3 is 4.98 Å². The predicted molar refractivity (Wildman–Crippen MR) is 75.2 cm³/mol. The van der Waals surface area contributed by atoms with Gasteiger partial charge in [-0.1, -0.05) is 0 Å². The SMILES string of the molecule is Cc1cc([N+](=O)[O-])c(S(=O)(=O)NCc2ncc[nH]2)cc1C. The molecule has 112 valence electrons. The molecule has 0 aliphatic rings. The number of hydrogen-bond acceptors (Lipinski definition) is 5. The second kappa shape index (κ2) is 5.62. The number of sulfonamides is 1. The molecule has 1 aromatic heterocycles. The summed E-state index contributed by atoms with van der Waals surface area (Å²) in [6, 6.07) is 2.56. The van der Waals surface area contributed by atoms with E-state index >= 15 is 0 Å². The minimum Gasteiger partial charge on any atom is -0.347 e. The topological polar surface area (TPSA) is 118 Å². The average molecular weight is 310 g/mol. The summed E-state index contributed by atoms with van der Waals surface area (Å²) in [4.78, 5) is 16.6. The van der Waals surface area contributed by atoms with E-state index in [2.05, 4.69) is 14.7 Å². The largest absolute Gasteiger partial charge is 0.347 e. The van der Waals surface area contributed by atoms with Gasteiger partial charge in [0.25, 0.3) is 5.69 Å². The summed E-state index contributed by atoms with van der Waals surface area (Å²) in [6.45, 7) is 3.32. The molecule has 1 heterocycles. The Hall–Kier alpha value is -2.26. The molecule has 0 aliphatic heterocycles. The molecule has 0 unspecified atom stereocenters. The number of nitro benzene ring substituents is 1. The van der Waals surface area contributed by atoms with Crippen LogP contribution in [-0.2, 0) is 16.6 Å². The molecule has 0 radical (unpaired) electrons. The third kappa shape index (κ3) is 3.26. The molecule has 2 N–H and O–H groups in total. The smallest absolute Gasteiger partial charge is 0.289 e. The Labute approximate surface area is 121 Å². The van der Waals surface area contributed by atoms with E-state index in [1.165, 1.54) is 18.3 Å². The lowest BCUT2D eigenvalue weighted by Gasteiger charge is -2.09. The van der Waals surface area contributed by atoms with Crippen molar-refractivity contribution in [2.75, 3.05) is 0 Å². The van der Waals surface area contributed by atoms with Crippen molar-refractivity contribution in [1.29, 1.82) is 0 Å². The van der Waals surface area contributed by atoms with Gasteiger partial charge in [0.1, 0.15) is 5.82 Å². The number of aryl methyl sites for hydroxylation is 2. The number of nitrogens with one attached hydrogen (secondary N) is 2. The minimum absolute atomic E-state index is 0.0700. The Morgan fingerprint density at radius 2 is 2.00 bits per heavy atom. The highest BCUT2D eigenvalue weighted by molar-refractivity contribution is 7.89. The number of nitrogens with zero attached hydrogens (tertiary/aromatic N) is 2. The summed E-state index contributed by atoms with van der Waals surface area (Å²) in [5.41, 5.74) is 0.885. The van der Waals surface area contributed by atoms with E-state index in [0.29, 0.717) is 17.0 Å². The van der Waals surface area contributed by atoms with E-state index in [9.17, 15) is 18.5 Å². The third-order valence-electron chi connectivity index (χ3n) is 3.05. The van der Waals surface area contributed by atoms with Crippen LogP contribution in [0.25, 0.3) is 0 Å². The van der Waals surface area contributed by atoms with Crippen molar-refractivity contribution in [2.45, 2.75) is 25.3 Å². The number of aromatic amines is 1. The van der Waals surface area contributed by atoms with E-state index in [1.54, 1.807) is 20.0 Å². The first-order valence-corrected chi connectivity index (χ1v) is 7.53. The maximum absolute atomic E-state index is 12.3. The van der Waals surface area contributed by atoms with Gasteiger partial charge in [-0.05, 0) is 31.0 Å². The fourth-order valence-electron chi connectivity index (χ4n) is 1.77. The Kier molecular flexibility index (Phi) is 4.05. The predicted octanol–water partition coefficient (Wildman–Crippen LogP) is 1.41. The van der Waals surface area contributed by atoms with Crippen LogP contribution in [0.5, 0.6) is 0 Å². The third-order valence-corrected chi connectivity index (χ3v) is 4.48. The number of rotatable bonds is 5. The Balaban J connectivity index is 2.39. The molecule has 21 heavy (non-hydrogen) atoms. The monoisotopic (exact) mass is 310 g/mol. The second-order valence-corrected chi connectivity index (χ2v) is 6.26. The van der Waals surface area contributed by atoms with E-state index in [-0.39, 0.29) is 11.4 Å². The van der Waals surface area contributed by atoms with E-state index in [0.717, 1.165) is 0 Å². The molecule has 0 spiro atoms. The number of H-pyrrole nitrogens is 1. The molecular formula is C12H14N4O4S. The first kappa shape index (κ1) is 15.1. The second-order valence-electron chi connectivity index (χ2n) is 4.52. The Morgan fingerprint density at radius 3 is 2.57 bits per heavy atom. The summed E-state index contributed by atoms with van der Waals surface area (Å²) in [6.07, 6.45) is 3.05. The van der Waals surface area contributed by atoms with Crippen LogP contribution >= 0.6 is 0 Å². The fourth-order valence-corrected chi connectivity index (χ4v) is 2.99. The lowest BCUT2D eigenvalue weighted by atomic mass is 10.1. The summed E-state index contributed by atoms with van der Waals surface area (Å²) < 4.78 is 26.8. The van der Waals surface area contributed by atoms with Crippen LogP contribution in [-0.4, -0.2) is 23.3 Å². The molecule has 0 atom stereocenters. The van der Waals surface area contributed by atoms with Gasteiger partial charge in [-0.3, -0.25) is 10.1 Å². The number of nitro groups is 1. The van der Waals surface area contributed by atoms with Gasteiger partial charge in [0.15, 0.2) is 4.90 Å². The zero-order chi connectivity index (χ0) is 15.6. The van der Waals surface area contributed by atoms with Crippen molar-refractivity contribution in [1.82, 2.24) is 14.7 Å². The van der Waals surface area contributed by atoms with Crippen LogP contribution in [0.15, 0.2) is 29.4 Å². The number of benzene rings is 1. The minimum atomic E-state index is -4.00. The lowest BCUT2D eigenvalue weighted by molar-refractivity contribution is -0.387. The summed E-state index contributed by atoms with van der Waals surface area (Å²) >= 11 is 0. The van der Waals surface area contributed by atoms with Crippen LogP contribution in [0.3, 0.4) is 0 Å². The molecule has 0 bridgehead atoms. The Morgan fingerprint density at radius 1 is 1.33 bits per heavy atom. The molecule has 0 saturated heterocycles. The molecule has 0 saturated carbocycles. The zero-order valence-corrected chi connectivity index (χ0v) is 12.3. The van der Waals surface area contributed by atoms with Crippen LogP contribution in [0.2, 0.25) is 0 Å².